The number of ether oxygens (including phenoxy) is 3. The van der Waals surface area contributed by atoms with Crippen LogP contribution in [0.3, 0.4) is 0 Å². The van der Waals surface area contributed by atoms with Crippen molar-refractivity contribution >= 4 is 17.9 Å². The van der Waals surface area contributed by atoms with E-state index in [4.69, 9.17) is 14.2 Å². The van der Waals surface area contributed by atoms with Crippen LogP contribution in [0.15, 0.2) is 24.3 Å². The molecule has 352 valence electrons. The van der Waals surface area contributed by atoms with Crippen molar-refractivity contribution in [2.75, 3.05) is 41.0 Å². The van der Waals surface area contributed by atoms with E-state index < -0.39 is 18.1 Å². The summed E-state index contributed by atoms with van der Waals surface area (Å²) in [5, 5.41) is 9.65. The van der Waals surface area contributed by atoms with Gasteiger partial charge in [0.1, 0.15) is 6.61 Å². The predicted molar refractivity (Wildman–Crippen MR) is 252 cm³/mol. The molecular formula is C52H98NO7+. The number of carboxylic acids is 1. The van der Waals surface area contributed by atoms with Gasteiger partial charge in [-0.3, -0.25) is 9.59 Å². The molecule has 0 fully saturated rings. The maximum absolute atomic E-state index is 12.8. The molecule has 2 atom stereocenters. The van der Waals surface area contributed by atoms with Crippen molar-refractivity contribution in [3.8, 4) is 0 Å². The molecule has 8 nitrogen and oxygen atoms in total. The summed E-state index contributed by atoms with van der Waals surface area (Å²) in [5.74, 6) is -1.46. The van der Waals surface area contributed by atoms with Crippen molar-refractivity contribution in [2.45, 2.75) is 251 Å². The van der Waals surface area contributed by atoms with Gasteiger partial charge in [-0.15, -0.1) is 0 Å². The first-order chi connectivity index (χ1) is 29.1. The van der Waals surface area contributed by atoms with Gasteiger partial charge in [0.15, 0.2) is 12.1 Å². The molecule has 0 aliphatic heterocycles. The van der Waals surface area contributed by atoms with Crippen molar-refractivity contribution in [1.82, 2.24) is 0 Å². The second kappa shape index (κ2) is 43.5. The Labute approximate surface area is 371 Å². The summed E-state index contributed by atoms with van der Waals surface area (Å²) in [6.07, 6.45) is 49.3. The average molecular weight is 849 g/mol. The van der Waals surface area contributed by atoms with Gasteiger partial charge in [-0.05, 0) is 44.9 Å². The Hall–Kier alpha value is -2.19. The molecule has 0 aliphatic rings. The Morgan fingerprint density at radius 3 is 1.28 bits per heavy atom. The van der Waals surface area contributed by atoms with Crippen LogP contribution in [0.25, 0.3) is 0 Å². The maximum Gasteiger partial charge on any atom is 0.362 e. The number of carboxylic acid groups (broad SMARTS) is 1. The number of quaternary nitrogens is 1. The van der Waals surface area contributed by atoms with Gasteiger partial charge in [-0.1, -0.05) is 199 Å². The molecule has 8 heteroatoms. The van der Waals surface area contributed by atoms with E-state index >= 15 is 0 Å². The van der Waals surface area contributed by atoms with E-state index in [0.29, 0.717) is 19.3 Å². The van der Waals surface area contributed by atoms with Crippen molar-refractivity contribution < 1.29 is 38.2 Å². The zero-order valence-electron chi connectivity index (χ0n) is 40.2. The molecule has 0 heterocycles. The highest BCUT2D eigenvalue weighted by Crippen LogP contribution is 2.16. The highest BCUT2D eigenvalue weighted by atomic mass is 16.6. The predicted octanol–water partition coefficient (Wildman–Crippen LogP) is 14.4. The van der Waals surface area contributed by atoms with Crippen LogP contribution in [0.4, 0.5) is 0 Å². The SMILES string of the molecule is CCCCCCC/C=C\C/C=C\CCCCCCCCCCCC(=O)OC(COCCC(C(=O)O)[N+](C)(C)C)COC(=O)CCCCCCCCCCCCCCCCC. The third kappa shape index (κ3) is 41.2. The van der Waals surface area contributed by atoms with Crippen molar-refractivity contribution in [1.29, 1.82) is 0 Å². The average Bonchev–Trinajstić information content (AvgIpc) is 3.21. The summed E-state index contributed by atoms with van der Waals surface area (Å²) in [7, 11) is 5.54. The monoisotopic (exact) mass is 849 g/mol. The van der Waals surface area contributed by atoms with Crippen LogP contribution in [0.1, 0.15) is 239 Å². The van der Waals surface area contributed by atoms with Crippen LogP contribution >= 0.6 is 0 Å². The molecule has 0 saturated heterocycles. The molecule has 0 amide bonds. The second-order valence-electron chi connectivity index (χ2n) is 18.4. The molecule has 2 unspecified atom stereocenters. The van der Waals surface area contributed by atoms with Crippen LogP contribution in [-0.2, 0) is 28.6 Å². The Bertz CT molecular complexity index is 1040. The summed E-state index contributed by atoms with van der Waals surface area (Å²) in [4.78, 5) is 37.1. The van der Waals surface area contributed by atoms with Gasteiger partial charge < -0.3 is 23.8 Å². The quantitative estimate of drug-likeness (QED) is 0.0282. The number of nitrogens with zero attached hydrogens (tertiary/aromatic N) is 1. The van der Waals surface area contributed by atoms with E-state index in [-0.39, 0.29) is 36.2 Å². The van der Waals surface area contributed by atoms with E-state index in [1.54, 1.807) is 0 Å². The smallest absolute Gasteiger partial charge is 0.362 e. The number of allylic oxidation sites excluding steroid dienone is 4. The number of carbonyl (C=O) groups is 3. The number of rotatable bonds is 46. The lowest BCUT2D eigenvalue weighted by Gasteiger charge is -2.31. The van der Waals surface area contributed by atoms with Gasteiger partial charge in [-0.2, -0.15) is 0 Å². The minimum atomic E-state index is -0.873. The molecule has 0 aliphatic carbocycles. The van der Waals surface area contributed by atoms with Gasteiger partial charge in [-0.25, -0.2) is 4.79 Å². The van der Waals surface area contributed by atoms with Crippen molar-refractivity contribution in [3.63, 3.8) is 0 Å². The van der Waals surface area contributed by atoms with Crippen molar-refractivity contribution in [2.24, 2.45) is 0 Å². The fraction of sp³-hybridized carbons (Fsp3) is 0.865. The molecular weight excluding hydrogens is 751 g/mol. The van der Waals surface area contributed by atoms with Crippen LogP contribution < -0.4 is 0 Å². The first kappa shape index (κ1) is 57.8. The molecule has 0 bridgehead atoms. The number of likely N-dealkylation sites (N-methyl/N-ethyl adjacent to an activating group) is 1. The summed E-state index contributed by atoms with van der Waals surface area (Å²) < 4.78 is 17.4. The van der Waals surface area contributed by atoms with Gasteiger partial charge in [0.2, 0.25) is 0 Å². The first-order valence-electron chi connectivity index (χ1n) is 25.4. The van der Waals surface area contributed by atoms with E-state index in [2.05, 4.69) is 38.2 Å². The Balaban J connectivity index is 4.23. The lowest BCUT2D eigenvalue weighted by atomic mass is 10.0. The number of unbranched alkanes of at least 4 members (excludes halogenated alkanes) is 28. The molecule has 0 aromatic rings. The van der Waals surface area contributed by atoms with E-state index in [1.165, 1.54) is 161 Å². The number of carbonyl (C=O) groups excluding carboxylic acids is 2. The maximum atomic E-state index is 12.8. The summed E-state index contributed by atoms with van der Waals surface area (Å²) in [6.45, 7) is 4.76. The third-order valence-corrected chi connectivity index (χ3v) is 11.6. The van der Waals surface area contributed by atoms with Crippen LogP contribution in [0, 0.1) is 0 Å². The summed E-state index contributed by atoms with van der Waals surface area (Å²) in [5.41, 5.74) is 0. The van der Waals surface area contributed by atoms with E-state index in [9.17, 15) is 19.5 Å². The lowest BCUT2D eigenvalue weighted by Crippen LogP contribution is -2.50. The summed E-state index contributed by atoms with van der Waals surface area (Å²) in [6, 6.07) is -0.613. The Morgan fingerprint density at radius 2 is 0.883 bits per heavy atom. The van der Waals surface area contributed by atoms with Gasteiger partial charge >= 0.3 is 17.9 Å². The lowest BCUT2D eigenvalue weighted by molar-refractivity contribution is -0.887. The van der Waals surface area contributed by atoms with Crippen LogP contribution in [0.5, 0.6) is 0 Å². The molecule has 0 saturated carbocycles. The molecule has 0 aromatic carbocycles. The summed E-state index contributed by atoms with van der Waals surface area (Å²) >= 11 is 0. The van der Waals surface area contributed by atoms with Crippen LogP contribution in [0.2, 0.25) is 0 Å². The molecule has 0 spiro atoms. The number of hydrogen-bond acceptors (Lipinski definition) is 6. The molecule has 0 aromatic heterocycles. The zero-order valence-corrected chi connectivity index (χ0v) is 40.2. The standard InChI is InChI=1S/C52H97NO7/c1-6-8-10-12-14-16-18-20-22-23-24-25-26-27-29-31-33-35-37-39-41-43-51(55)60-48(46-58-45-44-49(52(56)57)53(3,4)5)47-59-50(54)42-40-38-36-34-32-30-28-21-19-17-15-13-11-9-7-2/h18,20,23-24,48-49H,6-17,19,21-22,25-47H2,1-5H3/p+1/b20-18-,24-23-. The topological polar surface area (TPSA) is 99.1 Å². The second-order valence-corrected chi connectivity index (χ2v) is 18.4. The molecule has 60 heavy (non-hydrogen) atoms. The van der Waals surface area contributed by atoms with E-state index in [0.717, 1.165) is 44.9 Å². The fourth-order valence-electron chi connectivity index (χ4n) is 7.65. The highest BCUT2D eigenvalue weighted by Gasteiger charge is 2.31. The molecule has 1 N–H and O–H groups in total. The minimum Gasteiger partial charge on any atom is -0.477 e. The third-order valence-electron chi connectivity index (χ3n) is 11.6. The van der Waals surface area contributed by atoms with Crippen molar-refractivity contribution in [3.05, 3.63) is 24.3 Å². The van der Waals surface area contributed by atoms with Gasteiger partial charge in [0, 0.05) is 19.3 Å². The zero-order chi connectivity index (χ0) is 44.2. The molecule has 0 rings (SSSR count). The number of hydrogen-bond donors (Lipinski definition) is 1. The Morgan fingerprint density at radius 1 is 0.500 bits per heavy atom. The molecule has 0 radical (unpaired) electrons. The highest BCUT2D eigenvalue weighted by molar-refractivity contribution is 5.72. The normalized spacial score (nSPS) is 13.0. The fourth-order valence-corrected chi connectivity index (χ4v) is 7.65. The minimum absolute atomic E-state index is 0.0477. The van der Waals surface area contributed by atoms with Crippen LogP contribution in [-0.4, -0.2) is 80.6 Å². The first-order valence-corrected chi connectivity index (χ1v) is 25.4. The number of aliphatic carboxylic acids is 1. The largest absolute Gasteiger partial charge is 0.477 e. The Kier molecular flexibility index (Phi) is 41.9. The van der Waals surface area contributed by atoms with Gasteiger partial charge in [0.05, 0.1) is 34.4 Å². The van der Waals surface area contributed by atoms with E-state index in [1.807, 2.05) is 21.1 Å². The van der Waals surface area contributed by atoms with Gasteiger partial charge in [0.25, 0.3) is 0 Å². The number of esters is 2.